The molecule has 1 heterocycles. The van der Waals surface area contributed by atoms with Crippen LogP contribution >= 0.6 is 0 Å². The van der Waals surface area contributed by atoms with Crippen LogP contribution in [-0.2, 0) is 0 Å². The van der Waals surface area contributed by atoms with E-state index in [1.54, 1.807) is 0 Å². The highest BCUT2D eigenvalue weighted by atomic mass is 15.3. The number of unbranched alkanes of at least 4 members (excludes halogenated alkanes) is 1. The van der Waals surface area contributed by atoms with Gasteiger partial charge in [0.05, 0.1) is 0 Å². The average molecular weight is 240 g/mol. The molecule has 1 aliphatic rings. The van der Waals surface area contributed by atoms with Gasteiger partial charge in [-0.25, -0.2) is 0 Å². The van der Waals surface area contributed by atoms with Crippen LogP contribution in [0.5, 0.6) is 0 Å². The van der Waals surface area contributed by atoms with Crippen molar-refractivity contribution in [3.8, 4) is 0 Å². The highest BCUT2D eigenvalue weighted by Crippen LogP contribution is 2.21. The van der Waals surface area contributed by atoms with Crippen molar-refractivity contribution in [2.75, 3.05) is 32.7 Å². The molecule has 1 rings (SSSR count). The summed E-state index contributed by atoms with van der Waals surface area (Å²) in [5.74, 6) is 0. The van der Waals surface area contributed by atoms with Crippen molar-refractivity contribution in [3.05, 3.63) is 0 Å². The van der Waals surface area contributed by atoms with Gasteiger partial charge >= 0.3 is 0 Å². The molecule has 0 amide bonds. The van der Waals surface area contributed by atoms with Gasteiger partial charge in [0.15, 0.2) is 0 Å². The molecule has 0 N–H and O–H groups in total. The lowest BCUT2D eigenvalue weighted by Crippen LogP contribution is -2.48. The van der Waals surface area contributed by atoms with E-state index in [0.29, 0.717) is 5.41 Å². The molecular weight excluding hydrogens is 208 g/mol. The summed E-state index contributed by atoms with van der Waals surface area (Å²) in [5, 5.41) is 0. The van der Waals surface area contributed by atoms with Gasteiger partial charge in [-0.15, -0.1) is 0 Å². The van der Waals surface area contributed by atoms with Gasteiger partial charge in [-0.3, -0.25) is 4.90 Å². The van der Waals surface area contributed by atoms with Crippen molar-refractivity contribution in [1.82, 2.24) is 9.80 Å². The summed E-state index contributed by atoms with van der Waals surface area (Å²) in [5.41, 5.74) is 0.510. The zero-order chi connectivity index (χ0) is 12.9. The molecule has 102 valence electrons. The Labute approximate surface area is 108 Å². The zero-order valence-electron chi connectivity index (χ0n) is 12.6. The maximum atomic E-state index is 2.64. The molecule has 0 spiro atoms. The van der Waals surface area contributed by atoms with Crippen LogP contribution in [0, 0.1) is 5.41 Å². The van der Waals surface area contributed by atoms with Gasteiger partial charge in [0.2, 0.25) is 0 Å². The smallest absolute Gasteiger partial charge is 0.0113 e. The summed E-state index contributed by atoms with van der Waals surface area (Å²) in [6, 6.07) is 0.720. The van der Waals surface area contributed by atoms with Crippen molar-refractivity contribution in [1.29, 1.82) is 0 Å². The average Bonchev–Trinajstić information content (AvgIpc) is 2.24. The highest BCUT2D eigenvalue weighted by Gasteiger charge is 2.18. The molecule has 0 saturated carbocycles. The molecular formula is C15H32N2. The molecule has 0 aromatic carbocycles. The van der Waals surface area contributed by atoms with Crippen molar-refractivity contribution in [3.63, 3.8) is 0 Å². The van der Waals surface area contributed by atoms with Crippen LogP contribution < -0.4 is 0 Å². The SMILES string of the molecule is CC(C)N1CCN(CCCCC(C)(C)C)CC1. The summed E-state index contributed by atoms with van der Waals surface area (Å²) in [6.45, 7) is 18.0. The van der Waals surface area contributed by atoms with Crippen LogP contribution in [0.4, 0.5) is 0 Å². The minimum Gasteiger partial charge on any atom is -0.301 e. The number of hydrogen-bond acceptors (Lipinski definition) is 2. The number of piperazine rings is 1. The Kier molecular flexibility index (Phi) is 5.94. The van der Waals surface area contributed by atoms with Crippen LogP contribution in [0.15, 0.2) is 0 Å². The maximum absolute atomic E-state index is 2.64. The molecule has 2 nitrogen and oxygen atoms in total. The standard InChI is InChI=1S/C15H32N2/c1-14(2)17-12-10-16(11-13-17)9-7-6-8-15(3,4)5/h14H,6-13H2,1-5H3. The van der Waals surface area contributed by atoms with Gasteiger partial charge < -0.3 is 4.90 Å². The third kappa shape index (κ3) is 6.42. The first-order valence-electron chi connectivity index (χ1n) is 7.35. The molecule has 0 atom stereocenters. The van der Waals surface area contributed by atoms with Gasteiger partial charge in [0, 0.05) is 32.2 Å². The van der Waals surface area contributed by atoms with E-state index in [9.17, 15) is 0 Å². The molecule has 1 aliphatic heterocycles. The minimum atomic E-state index is 0.510. The van der Waals surface area contributed by atoms with Gasteiger partial charge in [-0.2, -0.15) is 0 Å². The van der Waals surface area contributed by atoms with E-state index in [1.807, 2.05) is 0 Å². The second kappa shape index (κ2) is 6.75. The van der Waals surface area contributed by atoms with Crippen molar-refractivity contribution in [2.45, 2.75) is 59.9 Å². The fraction of sp³-hybridized carbons (Fsp3) is 1.00. The molecule has 1 saturated heterocycles. The Hall–Kier alpha value is -0.0800. The fourth-order valence-corrected chi connectivity index (χ4v) is 2.49. The van der Waals surface area contributed by atoms with E-state index < -0.39 is 0 Å². The minimum absolute atomic E-state index is 0.510. The highest BCUT2D eigenvalue weighted by molar-refractivity contribution is 4.74. The third-order valence-corrected chi connectivity index (χ3v) is 3.79. The molecule has 2 heteroatoms. The predicted molar refractivity (Wildman–Crippen MR) is 76.5 cm³/mol. The Morgan fingerprint density at radius 3 is 2.00 bits per heavy atom. The normalized spacial score (nSPS) is 20.1. The first-order chi connectivity index (χ1) is 7.88. The Morgan fingerprint density at radius 2 is 1.53 bits per heavy atom. The second-order valence-electron chi connectivity index (χ2n) is 6.99. The number of rotatable bonds is 5. The predicted octanol–water partition coefficient (Wildman–Crippen LogP) is 3.23. The van der Waals surface area contributed by atoms with Crippen molar-refractivity contribution < 1.29 is 0 Å². The molecule has 0 unspecified atom stereocenters. The van der Waals surface area contributed by atoms with Crippen LogP contribution in [0.3, 0.4) is 0 Å². The Bertz CT molecular complexity index is 197. The van der Waals surface area contributed by atoms with E-state index in [-0.39, 0.29) is 0 Å². The van der Waals surface area contributed by atoms with Crippen LogP contribution in [-0.4, -0.2) is 48.6 Å². The fourth-order valence-electron chi connectivity index (χ4n) is 2.49. The topological polar surface area (TPSA) is 6.48 Å². The van der Waals surface area contributed by atoms with E-state index in [4.69, 9.17) is 0 Å². The lowest BCUT2D eigenvalue weighted by Gasteiger charge is -2.37. The van der Waals surface area contributed by atoms with Crippen LogP contribution in [0.25, 0.3) is 0 Å². The van der Waals surface area contributed by atoms with Gasteiger partial charge in [-0.05, 0) is 38.6 Å². The summed E-state index contributed by atoms with van der Waals surface area (Å²) in [7, 11) is 0. The first-order valence-corrected chi connectivity index (χ1v) is 7.35. The maximum Gasteiger partial charge on any atom is 0.0113 e. The molecule has 17 heavy (non-hydrogen) atoms. The molecule has 0 aromatic rings. The van der Waals surface area contributed by atoms with E-state index >= 15 is 0 Å². The Morgan fingerprint density at radius 1 is 0.941 bits per heavy atom. The Balaban J connectivity index is 2.07. The molecule has 0 bridgehead atoms. The van der Waals surface area contributed by atoms with Crippen molar-refractivity contribution >= 4 is 0 Å². The lowest BCUT2D eigenvalue weighted by atomic mass is 9.90. The lowest BCUT2D eigenvalue weighted by molar-refractivity contribution is 0.106. The molecule has 0 aliphatic carbocycles. The van der Waals surface area contributed by atoms with Gasteiger partial charge in [0.25, 0.3) is 0 Å². The molecule has 0 aromatic heterocycles. The second-order valence-corrected chi connectivity index (χ2v) is 6.99. The summed E-state index contributed by atoms with van der Waals surface area (Å²) < 4.78 is 0. The zero-order valence-corrected chi connectivity index (χ0v) is 12.6. The monoisotopic (exact) mass is 240 g/mol. The van der Waals surface area contributed by atoms with Crippen LogP contribution in [0.1, 0.15) is 53.9 Å². The van der Waals surface area contributed by atoms with E-state index in [0.717, 1.165) is 6.04 Å². The van der Waals surface area contributed by atoms with Crippen LogP contribution in [0.2, 0.25) is 0 Å². The summed E-state index contributed by atoms with van der Waals surface area (Å²) >= 11 is 0. The first kappa shape index (κ1) is 15.0. The molecule has 1 fully saturated rings. The van der Waals surface area contributed by atoms with Crippen molar-refractivity contribution in [2.24, 2.45) is 5.41 Å². The van der Waals surface area contributed by atoms with Gasteiger partial charge in [0.1, 0.15) is 0 Å². The summed E-state index contributed by atoms with van der Waals surface area (Å²) in [4.78, 5) is 5.23. The van der Waals surface area contributed by atoms with E-state index in [2.05, 4.69) is 44.4 Å². The van der Waals surface area contributed by atoms with E-state index in [1.165, 1.54) is 52.0 Å². The molecule has 0 radical (unpaired) electrons. The number of nitrogens with zero attached hydrogens (tertiary/aromatic N) is 2. The summed E-state index contributed by atoms with van der Waals surface area (Å²) in [6.07, 6.45) is 4.12. The quantitative estimate of drug-likeness (QED) is 0.681. The largest absolute Gasteiger partial charge is 0.301 e. The number of hydrogen-bond donors (Lipinski definition) is 0. The van der Waals surface area contributed by atoms with Gasteiger partial charge in [-0.1, -0.05) is 27.2 Å². The third-order valence-electron chi connectivity index (χ3n) is 3.79.